The smallest absolute Gasteiger partial charge is 0.241 e. The summed E-state index contributed by atoms with van der Waals surface area (Å²) in [6.45, 7) is 1.60. The molecule has 0 unspecified atom stereocenters. The first-order valence-corrected chi connectivity index (χ1v) is 10.1. The lowest BCUT2D eigenvalue weighted by Crippen LogP contribution is -2.41. The van der Waals surface area contributed by atoms with Crippen molar-refractivity contribution < 1.29 is 16.8 Å². The molecule has 21 heavy (non-hydrogen) atoms. The fourth-order valence-corrected chi connectivity index (χ4v) is 5.63. The molecular weight excluding hydrogens is 336 g/mol. The zero-order valence-electron chi connectivity index (χ0n) is 11.5. The van der Waals surface area contributed by atoms with Crippen molar-refractivity contribution in [3.63, 3.8) is 0 Å². The van der Waals surface area contributed by atoms with Gasteiger partial charge in [-0.15, -0.1) is 0 Å². The Kier molecular flexibility index (Phi) is 4.53. The summed E-state index contributed by atoms with van der Waals surface area (Å²) in [6.07, 6.45) is 0.549. The van der Waals surface area contributed by atoms with Crippen LogP contribution in [0.5, 0.6) is 0 Å². The number of anilines is 1. The Bertz CT molecular complexity index is 746. The van der Waals surface area contributed by atoms with Gasteiger partial charge >= 0.3 is 0 Å². The molecule has 2 rings (SSSR count). The molecule has 1 aromatic carbocycles. The van der Waals surface area contributed by atoms with Crippen molar-refractivity contribution in [3.05, 3.63) is 22.7 Å². The molecule has 1 aromatic rings. The molecule has 118 valence electrons. The Morgan fingerprint density at radius 2 is 1.86 bits per heavy atom. The highest BCUT2D eigenvalue weighted by molar-refractivity contribution is 7.91. The predicted octanol–water partition coefficient (Wildman–Crippen LogP) is 1.09. The number of hydrogen-bond acceptors (Lipinski definition) is 5. The first-order chi connectivity index (χ1) is 9.61. The van der Waals surface area contributed by atoms with Crippen LogP contribution in [-0.4, -0.2) is 34.4 Å². The first-order valence-electron chi connectivity index (χ1n) is 6.39. The largest absolute Gasteiger partial charge is 0.398 e. The van der Waals surface area contributed by atoms with Crippen molar-refractivity contribution in [2.75, 3.05) is 17.2 Å². The molecule has 9 heteroatoms. The minimum Gasteiger partial charge on any atom is -0.398 e. The molecule has 0 atom stereocenters. The number of halogens is 1. The minimum atomic E-state index is -3.78. The number of nitrogens with one attached hydrogen (secondary N) is 1. The average molecular weight is 353 g/mol. The van der Waals surface area contributed by atoms with Crippen LogP contribution >= 0.6 is 11.6 Å². The van der Waals surface area contributed by atoms with E-state index >= 15 is 0 Å². The van der Waals surface area contributed by atoms with E-state index in [1.807, 2.05) is 0 Å². The monoisotopic (exact) mass is 352 g/mol. The van der Waals surface area contributed by atoms with E-state index in [1.165, 1.54) is 12.1 Å². The fraction of sp³-hybridized carbons (Fsp3) is 0.500. The van der Waals surface area contributed by atoms with Crippen LogP contribution in [0, 0.1) is 6.92 Å². The number of nitrogen functional groups attached to an aromatic ring is 1. The molecule has 0 amide bonds. The third-order valence-corrected chi connectivity index (χ3v) is 7.11. The first kappa shape index (κ1) is 16.5. The van der Waals surface area contributed by atoms with Gasteiger partial charge in [0.2, 0.25) is 10.0 Å². The summed E-state index contributed by atoms with van der Waals surface area (Å²) >= 11 is 5.86. The van der Waals surface area contributed by atoms with Crippen LogP contribution in [0.2, 0.25) is 5.02 Å². The lowest BCUT2D eigenvalue weighted by molar-refractivity contribution is 0.505. The van der Waals surface area contributed by atoms with Gasteiger partial charge in [0.15, 0.2) is 0 Å². The molecule has 1 aliphatic rings. The second-order valence-electron chi connectivity index (χ2n) is 5.17. The molecule has 0 saturated carbocycles. The lowest BCUT2D eigenvalue weighted by atomic mass is 10.2. The molecule has 6 nitrogen and oxygen atoms in total. The maximum Gasteiger partial charge on any atom is 0.241 e. The van der Waals surface area contributed by atoms with Crippen molar-refractivity contribution in [1.29, 1.82) is 0 Å². The van der Waals surface area contributed by atoms with E-state index in [4.69, 9.17) is 17.3 Å². The summed E-state index contributed by atoms with van der Waals surface area (Å²) in [6, 6.07) is 2.44. The Labute approximate surface area is 129 Å². The standard InChI is InChI=1S/C12H17ClN2O4S2/c1-8-11(14)6-9(13)7-12(8)21(18,19)15-10-2-4-20(16,17)5-3-10/h6-7,10,15H,2-5,14H2,1H3. The van der Waals surface area contributed by atoms with Gasteiger partial charge in [-0.25, -0.2) is 21.6 Å². The summed E-state index contributed by atoms with van der Waals surface area (Å²) in [5.41, 5.74) is 6.46. The average Bonchev–Trinajstić information content (AvgIpc) is 2.36. The zero-order chi connectivity index (χ0) is 15.8. The summed E-state index contributed by atoms with van der Waals surface area (Å²) in [7, 11) is -6.82. The van der Waals surface area contributed by atoms with Crippen molar-refractivity contribution in [2.45, 2.75) is 30.7 Å². The predicted molar refractivity (Wildman–Crippen MR) is 82.6 cm³/mol. The van der Waals surface area contributed by atoms with E-state index < -0.39 is 25.9 Å². The highest BCUT2D eigenvalue weighted by Gasteiger charge is 2.28. The molecule has 0 radical (unpaired) electrons. The maximum atomic E-state index is 12.4. The molecule has 1 heterocycles. The van der Waals surface area contributed by atoms with Crippen LogP contribution in [0.3, 0.4) is 0 Å². The highest BCUT2D eigenvalue weighted by Crippen LogP contribution is 2.26. The van der Waals surface area contributed by atoms with Crippen molar-refractivity contribution >= 4 is 37.1 Å². The van der Waals surface area contributed by atoms with Gasteiger partial charge in [-0.1, -0.05) is 11.6 Å². The number of sulfone groups is 1. The maximum absolute atomic E-state index is 12.4. The molecule has 3 N–H and O–H groups in total. The topological polar surface area (TPSA) is 106 Å². The van der Waals surface area contributed by atoms with Gasteiger partial charge < -0.3 is 5.73 Å². The Morgan fingerprint density at radius 3 is 2.43 bits per heavy atom. The van der Waals surface area contributed by atoms with Crippen LogP contribution in [0.4, 0.5) is 5.69 Å². The molecule has 0 bridgehead atoms. The Morgan fingerprint density at radius 1 is 1.29 bits per heavy atom. The third kappa shape index (κ3) is 3.88. The second kappa shape index (κ2) is 5.75. The van der Waals surface area contributed by atoms with E-state index in [-0.39, 0.29) is 34.3 Å². The highest BCUT2D eigenvalue weighted by atomic mass is 35.5. The summed E-state index contributed by atoms with van der Waals surface area (Å²) in [4.78, 5) is 0.0286. The van der Waals surface area contributed by atoms with Crippen molar-refractivity contribution in [1.82, 2.24) is 4.72 Å². The summed E-state index contributed by atoms with van der Waals surface area (Å²) in [5.74, 6) is -0.00624. The quantitative estimate of drug-likeness (QED) is 0.792. The van der Waals surface area contributed by atoms with Gasteiger partial charge in [0, 0.05) is 16.8 Å². The van der Waals surface area contributed by atoms with Gasteiger partial charge in [0.1, 0.15) is 9.84 Å². The Balaban J connectivity index is 2.24. The number of hydrogen-bond donors (Lipinski definition) is 2. The molecule has 1 aliphatic heterocycles. The van der Waals surface area contributed by atoms with Gasteiger partial charge in [-0.3, -0.25) is 0 Å². The number of benzene rings is 1. The SMILES string of the molecule is Cc1c(N)cc(Cl)cc1S(=O)(=O)NC1CCS(=O)(=O)CC1. The van der Waals surface area contributed by atoms with Crippen LogP contribution in [0.1, 0.15) is 18.4 Å². The van der Waals surface area contributed by atoms with E-state index in [1.54, 1.807) is 6.92 Å². The van der Waals surface area contributed by atoms with E-state index in [2.05, 4.69) is 4.72 Å². The molecule has 1 fully saturated rings. The van der Waals surface area contributed by atoms with Gasteiger partial charge in [0.05, 0.1) is 16.4 Å². The second-order valence-corrected chi connectivity index (χ2v) is 9.59. The summed E-state index contributed by atoms with van der Waals surface area (Å²) < 4.78 is 50.1. The fourth-order valence-electron chi connectivity index (χ4n) is 2.24. The van der Waals surface area contributed by atoms with Gasteiger partial charge in [-0.2, -0.15) is 0 Å². The van der Waals surface area contributed by atoms with Crippen molar-refractivity contribution in [2.24, 2.45) is 0 Å². The van der Waals surface area contributed by atoms with Crippen molar-refractivity contribution in [3.8, 4) is 0 Å². The minimum absolute atomic E-state index is 0.00312. The molecule has 0 aromatic heterocycles. The molecule has 0 spiro atoms. The van der Waals surface area contributed by atoms with Gasteiger partial charge in [0.25, 0.3) is 0 Å². The molecule has 1 saturated heterocycles. The Hall–Kier alpha value is -0.830. The third-order valence-electron chi connectivity index (χ3n) is 3.53. The van der Waals surface area contributed by atoms with Crippen LogP contribution < -0.4 is 10.5 Å². The van der Waals surface area contributed by atoms with E-state index in [0.717, 1.165) is 0 Å². The lowest BCUT2D eigenvalue weighted by Gasteiger charge is -2.23. The zero-order valence-corrected chi connectivity index (χ0v) is 13.9. The normalized spacial score (nSPS) is 19.5. The van der Waals surface area contributed by atoms with Crippen LogP contribution in [0.25, 0.3) is 0 Å². The number of sulfonamides is 1. The van der Waals surface area contributed by atoms with E-state index in [9.17, 15) is 16.8 Å². The number of nitrogens with two attached hydrogens (primary N) is 1. The van der Waals surface area contributed by atoms with E-state index in [0.29, 0.717) is 11.3 Å². The van der Waals surface area contributed by atoms with Gasteiger partial charge in [-0.05, 0) is 37.5 Å². The van der Waals surface area contributed by atoms with Crippen LogP contribution in [-0.2, 0) is 19.9 Å². The number of rotatable bonds is 3. The molecular formula is C12H17ClN2O4S2. The summed E-state index contributed by atoms with van der Waals surface area (Å²) in [5, 5.41) is 0.240. The molecule has 0 aliphatic carbocycles. The van der Waals surface area contributed by atoms with Crippen LogP contribution in [0.15, 0.2) is 17.0 Å².